The van der Waals surface area contributed by atoms with Crippen molar-refractivity contribution in [1.29, 1.82) is 0 Å². The third-order valence-electron chi connectivity index (χ3n) is 4.67. The summed E-state index contributed by atoms with van der Waals surface area (Å²) >= 11 is 0. The molecule has 0 saturated carbocycles. The van der Waals surface area contributed by atoms with Crippen LogP contribution in [0.4, 0.5) is 17.1 Å². The summed E-state index contributed by atoms with van der Waals surface area (Å²) in [5, 5.41) is 5.47. The Balaban J connectivity index is 1.82. The summed E-state index contributed by atoms with van der Waals surface area (Å²) in [4.78, 5) is 24.0. The van der Waals surface area contributed by atoms with Crippen molar-refractivity contribution in [1.82, 2.24) is 0 Å². The smallest absolute Gasteiger partial charge is 0.264 e. The number of amides is 2. The van der Waals surface area contributed by atoms with Gasteiger partial charge in [-0.05, 0) is 61.0 Å². The molecule has 31 heavy (non-hydrogen) atoms. The van der Waals surface area contributed by atoms with Crippen molar-refractivity contribution in [2.75, 3.05) is 22.0 Å². The highest BCUT2D eigenvalue weighted by molar-refractivity contribution is 7.92. The lowest BCUT2D eigenvalue weighted by atomic mass is 10.1. The fraction of sp³-hybridized carbons (Fsp3) is 0.130. The number of aryl methyl sites for hydroxylation is 1. The number of para-hydroxylation sites is 1. The molecule has 7 nitrogen and oxygen atoms in total. The first kappa shape index (κ1) is 22.0. The zero-order chi connectivity index (χ0) is 22.6. The summed E-state index contributed by atoms with van der Waals surface area (Å²) in [6.07, 6.45) is 0. The monoisotopic (exact) mass is 437 g/mol. The number of sulfonamides is 1. The molecule has 160 valence electrons. The van der Waals surface area contributed by atoms with Crippen LogP contribution >= 0.6 is 0 Å². The van der Waals surface area contributed by atoms with Gasteiger partial charge >= 0.3 is 0 Å². The summed E-state index contributed by atoms with van der Waals surface area (Å²) in [5.41, 5.74) is 2.71. The summed E-state index contributed by atoms with van der Waals surface area (Å²) in [7, 11) is -2.36. The number of hydrogen-bond donors (Lipinski definition) is 2. The van der Waals surface area contributed by atoms with Gasteiger partial charge in [0, 0.05) is 30.9 Å². The highest BCUT2D eigenvalue weighted by Crippen LogP contribution is 2.23. The zero-order valence-corrected chi connectivity index (χ0v) is 18.2. The first-order valence-corrected chi connectivity index (χ1v) is 11.0. The molecule has 2 amide bonds. The summed E-state index contributed by atoms with van der Waals surface area (Å²) in [6.45, 7) is 3.24. The second kappa shape index (κ2) is 9.01. The maximum Gasteiger partial charge on any atom is 0.264 e. The Morgan fingerprint density at radius 1 is 0.871 bits per heavy atom. The Bertz CT molecular complexity index is 1220. The van der Waals surface area contributed by atoms with Gasteiger partial charge in [-0.15, -0.1) is 0 Å². The fourth-order valence-corrected chi connectivity index (χ4v) is 4.25. The highest BCUT2D eigenvalue weighted by Gasteiger charge is 2.22. The molecule has 3 aromatic carbocycles. The van der Waals surface area contributed by atoms with Gasteiger partial charge in [-0.3, -0.25) is 13.9 Å². The van der Waals surface area contributed by atoms with Crippen molar-refractivity contribution < 1.29 is 18.0 Å². The number of nitrogens with one attached hydrogen (secondary N) is 2. The van der Waals surface area contributed by atoms with Gasteiger partial charge in [0.25, 0.3) is 15.9 Å². The molecule has 0 heterocycles. The predicted octanol–water partition coefficient (Wildman–Crippen LogP) is 4.03. The first-order valence-electron chi connectivity index (χ1n) is 9.52. The minimum Gasteiger partial charge on any atom is -0.326 e. The van der Waals surface area contributed by atoms with Crippen molar-refractivity contribution >= 4 is 38.9 Å². The van der Waals surface area contributed by atoms with Gasteiger partial charge in [0.2, 0.25) is 5.91 Å². The average Bonchev–Trinajstić information content (AvgIpc) is 2.75. The van der Waals surface area contributed by atoms with Crippen LogP contribution in [0.5, 0.6) is 0 Å². The van der Waals surface area contributed by atoms with E-state index in [0.717, 1.165) is 5.56 Å². The lowest BCUT2D eigenvalue weighted by Gasteiger charge is -2.19. The third-order valence-corrected chi connectivity index (χ3v) is 6.45. The molecule has 0 aliphatic carbocycles. The van der Waals surface area contributed by atoms with Crippen LogP contribution in [0, 0.1) is 6.92 Å². The van der Waals surface area contributed by atoms with Gasteiger partial charge in [-0.2, -0.15) is 0 Å². The topological polar surface area (TPSA) is 95.6 Å². The van der Waals surface area contributed by atoms with Crippen LogP contribution in [0.15, 0.2) is 77.7 Å². The fourth-order valence-electron chi connectivity index (χ4n) is 3.01. The highest BCUT2D eigenvalue weighted by atomic mass is 32.2. The summed E-state index contributed by atoms with van der Waals surface area (Å²) in [6, 6.07) is 19.7. The number of rotatable bonds is 6. The molecule has 0 aromatic heterocycles. The Hall–Kier alpha value is -3.65. The number of nitrogens with zero attached hydrogens (tertiary/aromatic N) is 1. The van der Waals surface area contributed by atoms with Crippen molar-refractivity contribution in [2.45, 2.75) is 18.7 Å². The molecule has 0 unspecified atom stereocenters. The molecule has 0 fully saturated rings. The van der Waals surface area contributed by atoms with E-state index in [0.29, 0.717) is 17.1 Å². The molecule has 3 rings (SSSR count). The van der Waals surface area contributed by atoms with E-state index in [1.54, 1.807) is 54.6 Å². The molecule has 0 spiro atoms. The largest absolute Gasteiger partial charge is 0.326 e. The summed E-state index contributed by atoms with van der Waals surface area (Å²) in [5.74, 6) is -0.621. The second-order valence-corrected chi connectivity index (χ2v) is 8.97. The van der Waals surface area contributed by atoms with Gasteiger partial charge in [-0.1, -0.05) is 24.3 Å². The molecule has 8 heteroatoms. The van der Waals surface area contributed by atoms with Crippen LogP contribution in [0.3, 0.4) is 0 Å². The van der Waals surface area contributed by atoms with Crippen LogP contribution in [0.25, 0.3) is 0 Å². The van der Waals surface area contributed by atoms with Crippen molar-refractivity contribution in [3.8, 4) is 0 Å². The van der Waals surface area contributed by atoms with Gasteiger partial charge in [0.1, 0.15) is 0 Å². The zero-order valence-electron chi connectivity index (χ0n) is 17.4. The van der Waals surface area contributed by atoms with E-state index in [-0.39, 0.29) is 16.4 Å². The van der Waals surface area contributed by atoms with Crippen LogP contribution in [0.2, 0.25) is 0 Å². The van der Waals surface area contributed by atoms with Crippen LogP contribution in [0.1, 0.15) is 22.8 Å². The first-order chi connectivity index (χ1) is 14.7. The van der Waals surface area contributed by atoms with Crippen molar-refractivity contribution in [2.24, 2.45) is 0 Å². The average molecular weight is 438 g/mol. The minimum atomic E-state index is -3.83. The lowest BCUT2D eigenvalue weighted by Crippen LogP contribution is -2.26. The SMILES string of the molecule is CC(=O)Nc1ccc(NC(=O)c2cccc(S(=O)(=O)N(C)c3ccccc3)c2)cc1C. The Morgan fingerprint density at radius 3 is 2.23 bits per heavy atom. The van der Waals surface area contributed by atoms with E-state index in [2.05, 4.69) is 10.6 Å². The van der Waals surface area contributed by atoms with Gasteiger partial charge in [0.15, 0.2) is 0 Å². The Labute approximate surface area is 181 Å². The van der Waals surface area contributed by atoms with Gasteiger partial charge in [0.05, 0.1) is 10.6 Å². The Morgan fingerprint density at radius 2 is 1.58 bits per heavy atom. The van der Waals surface area contributed by atoms with E-state index in [1.807, 2.05) is 6.92 Å². The lowest BCUT2D eigenvalue weighted by molar-refractivity contribution is -0.114. The third kappa shape index (κ3) is 5.10. The van der Waals surface area contributed by atoms with E-state index in [1.165, 1.54) is 36.5 Å². The maximum atomic E-state index is 13.0. The normalized spacial score (nSPS) is 10.9. The number of carbonyl (C=O) groups excluding carboxylic acids is 2. The molecule has 0 aliphatic rings. The van der Waals surface area contributed by atoms with Crippen LogP contribution in [-0.4, -0.2) is 27.3 Å². The minimum absolute atomic E-state index is 0.0173. The van der Waals surface area contributed by atoms with Crippen LogP contribution < -0.4 is 14.9 Å². The molecular weight excluding hydrogens is 414 g/mol. The molecule has 3 aromatic rings. The summed E-state index contributed by atoms with van der Waals surface area (Å²) < 4.78 is 27.2. The van der Waals surface area contributed by atoms with E-state index in [4.69, 9.17) is 0 Å². The quantitative estimate of drug-likeness (QED) is 0.609. The molecule has 0 radical (unpaired) electrons. The van der Waals surface area contributed by atoms with Crippen molar-refractivity contribution in [3.63, 3.8) is 0 Å². The van der Waals surface area contributed by atoms with Gasteiger partial charge < -0.3 is 10.6 Å². The van der Waals surface area contributed by atoms with E-state index >= 15 is 0 Å². The second-order valence-electron chi connectivity index (χ2n) is 7.00. The Kier molecular flexibility index (Phi) is 6.41. The molecular formula is C23H23N3O4S. The maximum absolute atomic E-state index is 13.0. The van der Waals surface area contributed by atoms with Gasteiger partial charge in [-0.25, -0.2) is 8.42 Å². The predicted molar refractivity (Wildman–Crippen MR) is 122 cm³/mol. The number of benzene rings is 3. The van der Waals surface area contributed by atoms with Crippen molar-refractivity contribution in [3.05, 3.63) is 83.9 Å². The standard InChI is InChI=1S/C23H23N3O4S/c1-16-14-19(12-13-22(16)24-17(2)27)25-23(28)18-8-7-11-21(15-18)31(29,30)26(3)20-9-5-4-6-10-20/h4-15H,1-3H3,(H,24,27)(H,25,28). The van der Waals surface area contributed by atoms with Crippen LogP contribution in [-0.2, 0) is 14.8 Å². The van der Waals surface area contributed by atoms with E-state index in [9.17, 15) is 18.0 Å². The number of anilines is 3. The molecule has 0 bridgehead atoms. The molecule has 0 saturated heterocycles. The number of carbonyl (C=O) groups is 2. The van der Waals surface area contributed by atoms with E-state index < -0.39 is 15.9 Å². The number of hydrogen-bond acceptors (Lipinski definition) is 4. The molecule has 0 atom stereocenters. The molecule has 2 N–H and O–H groups in total. The molecule has 0 aliphatic heterocycles.